The van der Waals surface area contributed by atoms with E-state index in [1.807, 2.05) is 27.7 Å². The highest BCUT2D eigenvalue weighted by atomic mass is 19.3. The lowest BCUT2D eigenvalue weighted by molar-refractivity contribution is -0.147. The number of halogens is 2. The summed E-state index contributed by atoms with van der Waals surface area (Å²) in [6, 6.07) is 0.257. The predicted molar refractivity (Wildman–Crippen MR) is 96.0 cm³/mol. The number of ether oxygens (including phenoxy) is 1. The van der Waals surface area contributed by atoms with Gasteiger partial charge in [-0.05, 0) is 37.3 Å². The van der Waals surface area contributed by atoms with Crippen molar-refractivity contribution in [2.24, 2.45) is 5.92 Å². The Kier molecular flexibility index (Phi) is 10.6. The van der Waals surface area contributed by atoms with E-state index < -0.39 is 29.6 Å². The number of esters is 1. The van der Waals surface area contributed by atoms with Gasteiger partial charge in [-0.25, -0.2) is 13.6 Å². The normalized spacial score (nSPS) is 11.7. The summed E-state index contributed by atoms with van der Waals surface area (Å²) < 4.78 is 32.4. The van der Waals surface area contributed by atoms with E-state index >= 15 is 0 Å². The van der Waals surface area contributed by atoms with Crippen molar-refractivity contribution >= 4 is 5.97 Å². The van der Waals surface area contributed by atoms with Gasteiger partial charge in [-0.1, -0.05) is 33.8 Å². The highest BCUT2D eigenvalue weighted by Crippen LogP contribution is 2.22. The molecule has 1 rings (SSSR count). The Morgan fingerprint density at radius 2 is 1.96 bits per heavy atom. The average Bonchev–Trinajstić information content (AvgIpc) is 2.56. The molecule has 0 spiro atoms. The quantitative estimate of drug-likeness (QED) is 0.501. The molecule has 0 aliphatic heterocycles. The van der Waals surface area contributed by atoms with E-state index in [1.54, 1.807) is 13.0 Å². The van der Waals surface area contributed by atoms with Gasteiger partial charge in [0.05, 0.1) is 12.2 Å². The van der Waals surface area contributed by atoms with Crippen LogP contribution in [0.2, 0.25) is 0 Å². The van der Waals surface area contributed by atoms with Crippen molar-refractivity contribution in [3.8, 4) is 0 Å². The molecule has 0 bridgehead atoms. The molecule has 1 aromatic heterocycles. The summed E-state index contributed by atoms with van der Waals surface area (Å²) in [7, 11) is 0. The molecule has 0 saturated carbocycles. The van der Waals surface area contributed by atoms with Crippen LogP contribution in [0.15, 0.2) is 29.7 Å². The third kappa shape index (κ3) is 6.80. The van der Waals surface area contributed by atoms with E-state index in [0.29, 0.717) is 18.4 Å². The van der Waals surface area contributed by atoms with Gasteiger partial charge in [-0.15, -0.1) is 6.58 Å². The first-order chi connectivity index (χ1) is 11.8. The fourth-order valence-electron chi connectivity index (χ4n) is 2.36. The zero-order valence-corrected chi connectivity index (χ0v) is 15.7. The van der Waals surface area contributed by atoms with E-state index in [4.69, 9.17) is 4.74 Å². The first-order valence-corrected chi connectivity index (χ1v) is 8.62. The van der Waals surface area contributed by atoms with Crippen LogP contribution in [0.4, 0.5) is 8.78 Å². The third-order valence-corrected chi connectivity index (χ3v) is 3.33. The van der Waals surface area contributed by atoms with E-state index in [0.717, 1.165) is 4.57 Å². The number of carbonyl (C=O) groups is 1. The van der Waals surface area contributed by atoms with Gasteiger partial charge in [0.1, 0.15) is 6.04 Å². The van der Waals surface area contributed by atoms with Crippen LogP contribution in [0.5, 0.6) is 0 Å². The Bertz CT molecular complexity index is 609. The molecule has 1 heterocycles. The molecule has 0 saturated heterocycles. The summed E-state index contributed by atoms with van der Waals surface area (Å²) in [6.07, 6.45) is 0.762. The van der Waals surface area contributed by atoms with E-state index in [9.17, 15) is 18.4 Å². The molecule has 6 heteroatoms. The van der Waals surface area contributed by atoms with Gasteiger partial charge >= 0.3 is 5.97 Å². The zero-order valence-electron chi connectivity index (χ0n) is 15.7. The van der Waals surface area contributed by atoms with Crippen LogP contribution in [-0.2, 0) is 16.0 Å². The molecule has 0 N–H and O–H groups in total. The van der Waals surface area contributed by atoms with E-state index in [2.05, 4.69) is 6.58 Å². The second kappa shape index (κ2) is 11.6. The van der Waals surface area contributed by atoms with Crippen LogP contribution in [0.1, 0.15) is 64.6 Å². The molecular formula is C19H29F2NO3. The van der Waals surface area contributed by atoms with Crippen molar-refractivity contribution in [3.05, 3.63) is 46.4 Å². The molecule has 0 radical (unpaired) electrons. The van der Waals surface area contributed by atoms with E-state index in [1.165, 1.54) is 12.3 Å². The number of aromatic nitrogens is 1. The van der Waals surface area contributed by atoms with Crippen molar-refractivity contribution < 1.29 is 18.3 Å². The summed E-state index contributed by atoms with van der Waals surface area (Å²) in [5.41, 5.74) is -0.957. The fourth-order valence-corrected chi connectivity index (χ4v) is 2.36. The molecule has 25 heavy (non-hydrogen) atoms. The minimum absolute atomic E-state index is 0.0920. The average molecular weight is 357 g/mol. The van der Waals surface area contributed by atoms with Gasteiger partial charge in [0.15, 0.2) is 0 Å². The monoisotopic (exact) mass is 357 g/mol. The minimum Gasteiger partial charge on any atom is -0.464 e. The number of alkyl halides is 2. The van der Waals surface area contributed by atoms with Gasteiger partial charge in [-0.3, -0.25) is 4.79 Å². The fraction of sp³-hybridized carbons (Fsp3) is 0.579. The summed E-state index contributed by atoms with van der Waals surface area (Å²) in [5.74, 6) is -0.492. The summed E-state index contributed by atoms with van der Waals surface area (Å²) in [6.45, 7) is 13.2. The van der Waals surface area contributed by atoms with Crippen molar-refractivity contribution in [1.82, 2.24) is 4.57 Å². The molecule has 1 unspecified atom stereocenters. The van der Waals surface area contributed by atoms with Crippen molar-refractivity contribution in [3.63, 3.8) is 0 Å². The second-order valence-electron chi connectivity index (χ2n) is 5.71. The standard InChI is InChI=1S/C17H23F2NO3.C2H6/c1-5-7-12-9-13(15(18)19)16(21)20(10-12)14(8-11(3)4)17(22)23-6-2;1-2/h5,9-11,14-15H,1,6-8H2,2-4H3;1-2H3. The number of allylic oxidation sites excluding steroid dienone is 1. The second-order valence-corrected chi connectivity index (χ2v) is 5.71. The number of nitrogens with zero attached hydrogens (tertiary/aromatic N) is 1. The van der Waals surface area contributed by atoms with Crippen molar-refractivity contribution in [1.29, 1.82) is 0 Å². The lowest BCUT2D eigenvalue weighted by atomic mass is 10.0. The lowest BCUT2D eigenvalue weighted by Gasteiger charge is -2.21. The minimum atomic E-state index is -2.90. The molecule has 142 valence electrons. The molecule has 4 nitrogen and oxygen atoms in total. The highest BCUT2D eigenvalue weighted by Gasteiger charge is 2.26. The van der Waals surface area contributed by atoms with Gasteiger partial charge in [0, 0.05) is 6.20 Å². The first kappa shape index (κ1) is 23.0. The lowest BCUT2D eigenvalue weighted by Crippen LogP contribution is -2.34. The molecule has 1 atom stereocenters. The number of rotatable bonds is 8. The van der Waals surface area contributed by atoms with Crippen LogP contribution in [0.3, 0.4) is 0 Å². The first-order valence-electron chi connectivity index (χ1n) is 8.62. The van der Waals surface area contributed by atoms with Gasteiger partial charge < -0.3 is 9.30 Å². The summed E-state index contributed by atoms with van der Waals surface area (Å²) >= 11 is 0. The zero-order chi connectivity index (χ0) is 19.6. The summed E-state index contributed by atoms with van der Waals surface area (Å²) in [4.78, 5) is 24.5. The van der Waals surface area contributed by atoms with Gasteiger partial charge in [-0.2, -0.15) is 0 Å². The summed E-state index contributed by atoms with van der Waals surface area (Å²) in [5, 5.41) is 0. The highest BCUT2D eigenvalue weighted by molar-refractivity contribution is 5.74. The topological polar surface area (TPSA) is 48.3 Å². The molecule has 0 amide bonds. The molecule has 0 aromatic carbocycles. The van der Waals surface area contributed by atoms with Crippen LogP contribution in [0, 0.1) is 5.92 Å². The van der Waals surface area contributed by atoms with Crippen LogP contribution < -0.4 is 5.56 Å². The maximum atomic E-state index is 13.1. The Labute approximate surface area is 148 Å². The molecule has 1 aromatic rings. The third-order valence-electron chi connectivity index (χ3n) is 3.33. The Balaban J connectivity index is 0.00000277. The Morgan fingerprint density at radius 3 is 2.40 bits per heavy atom. The van der Waals surface area contributed by atoms with Gasteiger partial charge in [0.2, 0.25) is 0 Å². The SMILES string of the molecule is C=CCc1cc(C(F)F)c(=O)n(C(CC(C)C)C(=O)OCC)c1.CC. The maximum absolute atomic E-state index is 13.1. The number of carbonyl (C=O) groups excluding carboxylic acids is 1. The van der Waals surface area contributed by atoms with Gasteiger partial charge in [0.25, 0.3) is 12.0 Å². The van der Waals surface area contributed by atoms with Crippen LogP contribution in [-0.4, -0.2) is 17.1 Å². The predicted octanol–water partition coefficient (Wildman–Crippen LogP) is 4.69. The van der Waals surface area contributed by atoms with E-state index in [-0.39, 0.29) is 12.5 Å². The largest absolute Gasteiger partial charge is 0.464 e. The number of pyridine rings is 1. The molecular weight excluding hydrogens is 328 g/mol. The number of hydrogen-bond donors (Lipinski definition) is 0. The Hall–Kier alpha value is -1.98. The van der Waals surface area contributed by atoms with Crippen LogP contribution >= 0.6 is 0 Å². The van der Waals surface area contributed by atoms with Crippen molar-refractivity contribution in [2.45, 2.75) is 59.9 Å². The Morgan fingerprint density at radius 1 is 1.36 bits per heavy atom. The van der Waals surface area contributed by atoms with Crippen LogP contribution in [0.25, 0.3) is 0 Å². The molecule has 0 aliphatic carbocycles. The maximum Gasteiger partial charge on any atom is 0.329 e. The smallest absolute Gasteiger partial charge is 0.329 e. The number of hydrogen-bond acceptors (Lipinski definition) is 3. The molecule has 0 fully saturated rings. The van der Waals surface area contributed by atoms with Crippen molar-refractivity contribution in [2.75, 3.05) is 6.61 Å². The molecule has 0 aliphatic rings.